The molecule has 1 unspecified atom stereocenters. The minimum Gasteiger partial charge on any atom is -0.507 e. The predicted molar refractivity (Wildman–Crippen MR) is 79.0 cm³/mol. The van der Waals surface area contributed by atoms with Crippen LogP contribution in [-0.4, -0.2) is 16.2 Å². The highest BCUT2D eigenvalue weighted by atomic mass is 35.5. The number of carboxylic acids is 1. The first-order chi connectivity index (χ1) is 9.58. The highest BCUT2D eigenvalue weighted by molar-refractivity contribution is 6.20. The number of phenolic OH excluding ortho intramolecular Hbond substituents is 1. The quantitative estimate of drug-likeness (QED) is 0.811. The minimum atomic E-state index is -0.874. The first-order valence-electron chi connectivity index (χ1n) is 6.32. The van der Waals surface area contributed by atoms with Crippen LogP contribution in [0, 0.1) is 0 Å². The molecule has 2 N–H and O–H groups in total. The van der Waals surface area contributed by atoms with Gasteiger partial charge in [-0.25, -0.2) is 0 Å². The van der Waals surface area contributed by atoms with Crippen molar-refractivity contribution < 1.29 is 15.0 Å². The number of hydrogen-bond acceptors (Lipinski definition) is 2. The third-order valence-electron chi connectivity index (χ3n) is 3.08. The van der Waals surface area contributed by atoms with Crippen LogP contribution in [0.2, 0.25) is 0 Å². The Labute approximate surface area is 122 Å². The molecule has 1 atom stereocenters. The fourth-order valence-corrected chi connectivity index (χ4v) is 2.27. The second-order valence-corrected chi connectivity index (χ2v) is 5.07. The minimum absolute atomic E-state index is 0.00929. The summed E-state index contributed by atoms with van der Waals surface area (Å²) in [5.41, 5.74) is 2.38. The predicted octanol–water partition coefficient (Wildman–Crippen LogP) is 4.20. The molecular formula is C16H15ClO3. The molecule has 0 aliphatic heterocycles. The lowest BCUT2D eigenvalue weighted by Gasteiger charge is -2.11. The van der Waals surface area contributed by atoms with Gasteiger partial charge in [-0.05, 0) is 23.6 Å². The highest BCUT2D eigenvalue weighted by Gasteiger charge is 2.13. The number of aromatic hydroxyl groups is 1. The molecule has 20 heavy (non-hydrogen) atoms. The molecule has 0 aromatic heterocycles. The van der Waals surface area contributed by atoms with Crippen LogP contribution in [0.4, 0.5) is 0 Å². The first-order valence-corrected chi connectivity index (χ1v) is 6.76. The van der Waals surface area contributed by atoms with E-state index in [1.54, 1.807) is 12.1 Å². The Balaban J connectivity index is 2.20. The summed E-state index contributed by atoms with van der Waals surface area (Å²) in [6, 6.07) is 14.8. The second-order valence-electron chi connectivity index (χ2n) is 4.54. The van der Waals surface area contributed by atoms with E-state index in [1.807, 2.05) is 36.4 Å². The lowest BCUT2D eigenvalue weighted by atomic mass is 10.00. The molecule has 0 aliphatic rings. The monoisotopic (exact) mass is 290 g/mol. The fraction of sp³-hybridized carbons (Fsp3) is 0.188. The summed E-state index contributed by atoms with van der Waals surface area (Å²) in [6.45, 7) is 0. The zero-order chi connectivity index (χ0) is 14.5. The highest BCUT2D eigenvalue weighted by Crippen LogP contribution is 2.34. The zero-order valence-electron chi connectivity index (χ0n) is 10.8. The van der Waals surface area contributed by atoms with E-state index in [9.17, 15) is 9.90 Å². The molecule has 0 spiro atoms. The maximum atomic E-state index is 10.5. The Morgan fingerprint density at radius 1 is 1.15 bits per heavy atom. The Morgan fingerprint density at radius 3 is 2.45 bits per heavy atom. The van der Waals surface area contributed by atoms with Crippen molar-refractivity contribution in [3.05, 3.63) is 54.1 Å². The summed E-state index contributed by atoms with van der Waals surface area (Å²) in [6.07, 6.45) is 0.344. The SMILES string of the molecule is O=C(O)CCC(Cl)c1ccc(-c2ccccc2)c(O)c1. The van der Waals surface area contributed by atoms with E-state index < -0.39 is 11.3 Å². The number of phenols is 1. The van der Waals surface area contributed by atoms with E-state index in [0.29, 0.717) is 6.42 Å². The molecule has 0 saturated carbocycles. The van der Waals surface area contributed by atoms with Gasteiger partial charge in [0.2, 0.25) is 0 Å². The van der Waals surface area contributed by atoms with Crippen LogP contribution in [0.3, 0.4) is 0 Å². The molecule has 4 heteroatoms. The van der Waals surface area contributed by atoms with Gasteiger partial charge in [-0.3, -0.25) is 4.79 Å². The first kappa shape index (κ1) is 14.4. The third-order valence-corrected chi connectivity index (χ3v) is 3.55. The summed E-state index contributed by atoms with van der Waals surface area (Å²) in [5, 5.41) is 18.3. The van der Waals surface area contributed by atoms with Gasteiger partial charge in [0.25, 0.3) is 0 Å². The number of hydrogen-bond donors (Lipinski definition) is 2. The lowest BCUT2D eigenvalue weighted by molar-refractivity contribution is -0.137. The maximum Gasteiger partial charge on any atom is 0.303 e. The largest absolute Gasteiger partial charge is 0.507 e. The van der Waals surface area contributed by atoms with Crippen LogP contribution in [0.15, 0.2) is 48.5 Å². The second kappa shape index (κ2) is 6.44. The number of carbonyl (C=O) groups is 1. The van der Waals surface area contributed by atoms with Gasteiger partial charge in [0, 0.05) is 12.0 Å². The molecular weight excluding hydrogens is 276 g/mol. The standard InChI is InChI=1S/C16H15ClO3/c17-14(8-9-16(19)20)12-6-7-13(15(18)10-12)11-4-2-1-3-5-11/h1-7,10,14,18H,8-9H2,(H,19,20). The van der Waals surface area contributed by atoms with Crippen molar-refractivity contribution in [2.45, 2.75) is 18.2 Å². The molecule has 2 rings (SSSR count). The van der Waals surface area contributed by atoms with Gasteiger partial charge in [0.1, 0.15) is 5.75 Å². The van der Waals surface area contributed by atoms with Gasteiger partial charge in [-0.15, -0.1) is 11.6 Å². The van der Waals surface area contributed by atoms with Crippen molar-refractivity contribution >= 4 is 17.6 Å². The summed E-state index contributed by atoms with van der Waals surface area (Å²) >= 11 is 6.15. The van der Waals surface area contributed by atoms with Crippen LogP contribution in [0.5, 0.6) is 5.75 Å². The van der Waals surface area contributed by atoms with Crippen molar-refractivity contribution in [1.29, 1.82) is 0 Å². The molecule has 0 radical (unpaired) electrons. The van der Waals surface area contributed by atoms with E-state index in [4.69, 9.17) is 16.7 Å². The van der Waals surface area contributed by atoms with Gasteiger partial charge in [0.05, 0.1) is 5.38 Å². The molecule has 0 aliphatic carbocycles. The van der Waals surface area contributed by atoms with Crippen molar-refractivity contribution in [3.63, 3.8) is 0 Å². The topological polar surface area (TPSA) is 57.5 Å². The van der Waals surface area contributed by atoms with E-state index >= 15 is 0 Å². The summed E-state index contributed by atoms with van der Waals surface area (Å²) in [4.78, 5) is 10.5. The third kappa shape index (κ3) is 3.52. The Bertz CT molecular complexity index is 596. The van der Waals surface area contributed by atoms with Crippen molar-refractivity contribution in [1.82, 2.24) is 0 Å². The Hall–Kier alpha value is -2.00. The molecule has 0 amide bonds. The Morgan fingerprint density at radius 2 is 1.85 bits per heavy atom. The van der Waals surface area contributed by atoms with Crippen molar-refractivity contribution in [2.75, 3.05) is 0 Å². The smallest absolute Gasteiger partial charge is 0.303 e. The van der Waals surface area contributed by atoms with Crippen LogP contribution in [0.25, 0.3) is 11.1 Å². The van der Waals surface area contributed by atoms with Crippen molar-refractivity contribution in [3.8, 4) is 16.9 Å². The molecule has 2 aromatic carbocycles. The molecule has 0 bridgehead atoms. The fourth-order valence-electron chi connectivity index (χ4n) is 2.02. The van der Waals surface area contributed by atoms with E-state index in [-0.39, 0.29) is 12.2 Å². The average Bonchev–Trinajstić information content (AvgIpc) is 2.45. The normalized spacial score (nSPS) is 12.1. The molecule has 0 heterocycles. The average molecular weight is 291 g/mol. The molecule has 3 nitrogen and oxygen atoms in total. The van der Waals surface area contributed by atoms with Gasteiger partial charge in [-0.1, -0.05) is 42.5 Å². The van der Waals surface area contributed by atoms with E-state index in [0.717, 1.165) is 16.7 Å². The Kier molecular flexibility index (Phi) is 4.64. The lowest BCUT2D eigenvalue weighted by Crippen LogP contribution is -1.98. The van der Waals surface area contributed by atoms with Crippen LogP contribution in [-0.2, 0) is 4.79 Å². The van der Waals surface area contributed by atoms with Crippen LogP contribution < -0.4 is 0 Å². The number of aliphatic carboxylic acids is 1. The van der Waals surface area contributed by atoms with Gasteiger partial charge in [0.15, 0.2) is 0 Å². The van der Waals surface area contributed by atoms with E-state index in [2.05, 4.69) is 0 Å². The van der Waals surface area contributed by atoms with Crippen LogP contribution >= 0.6 is 11.6 Å². The molecule has 0 saturated heterocycles. The summed E-state index contributed by atoms with van der Waals surface area (Å²) in [7, 11) is 0. The number of halogens is 1. The van der Waals surface area contributed by atoms with Gasteiger partial charge < -0.3 is 10.2 Å². The van der Waals surface area contributed by atoms with Crippen molar-refractivity contribution in [2.24, 2.45) is 0 Å². The maximum absolute atomic E-state index is 10.5. The number of carboxylic acid groups (broad SMARTS) is 1. The molecule has 104 valence electrons. The molecule has 2 aromatic rings. The van der Waals surface area contributed by atoms with Gasteiger partial charge in [-0.2, -0.15) is 0 Å². The molecule has 0 fully saturated rings. The number of benzene rings is 2. The summed E-state index contributed by atoms with van der Waals surface area (Å²) in [5.74, 6) is -0.726. The zero-order valence-corrected chi connectivity index (χ0v) is 11.5. The van der Waals surface area contributed by atoms with E-state index in [1.165, 1.54) is 0 Å². The van der Waals surface area contributed by atoms with Gasteiger partial charge >= 0.3 is 5.97 Å². The summed E-state index contributed by atoms with van der Waals surface area (Å²) < 4.78 is 0. The van der Waals surface area contributed by atoms with Crippen LogP contribution in [0.1, 0.15) is 23.8 Å². The number of rotatable bonds is 5. The number of alkyl halides is 1.